The molecule has 0 spiro atoms. The molecule has 4 aromatic rings. The van der Waals surface area contributed by atoms with Crippen LogP contribution in [0.2, 0.25) is 0 Å². The van der Waals surface area contributed by atoms with Crippen LogP contribution < -0.4 is 4.74 Å². The van der Waals surface area contributed by atoms with Gasteiger partial charge in [-0.25, -0.2) is 4.98 Å². The van der Waals surface area contributed by atoms with Crippen molar-refractivity contribution < 1.29 is 9.15 Å². The van der Waals surface area contributed by atoms with Crippen molar-refractivity contribution in [1.29, 1.82) is 0 Å². The van der Waals surface area contributed by atoms with Crippen LogP contribution >= 0.6 is 0 Å². The fourth-order valence-electron chi connectivity index (χ4n) is 2.29. The number of fused-ring (bicyclic) bond motifs is 1. The van der Waals surface area contributed by atoms with Gasteiger partial charge in [0.05, 0.1) is 12.8 Å². The van der Waals surface area contributed by atoms with Crippen molar-refractivity contribution in [3.63, 3.8) is 0 Å². The fourth-order valence-corrected chi connectivity index (χ4v) is 2.29. The predicted molar refractivity (Wildman–Crippen MR) is 80.9 cm³/mol. The van der Waals surface area contributed by atoms with Crippen LogP contribution in [0.5, 0.6) is 5.75 Å². The molecule has 4 rings (SSSR count). The van der Waals surface area contributed by atoms with E-state index in [1.165, 1.54) is 0 Å². The Balaban J connectivity index is 1.80. The molecule has 0 aliphatic carbocycles. The molecule has 0 atom stereocenters. The highest BCUT2D eigenvalue weighted by molar-refractivity contribution is 5.78. The average Bonchev–Trinajstić information content (AvgIpc) is 3.23. The van der Waals surface area contributed by atoms with Gasteiger partial charge in [0.25, 0.3) is 0 Å². The van der Waals surface area contributed by atoms with Gasteiger partial charge < -0.3 is 9.15 Å². The number of hydrogen-bond acceptors (Lipinski definition) is 5. The first-order valence-electron chi connectivity index (χ1n) is 6.73. The number of aromatic nitrogens is 4. The molecule has 2 heterocycles. The van der Waals surface area contributed by atoms with Crippen molar-refractivity contribution in [3.8, 4) is 22.9 Å². The highest BCUT2D eigenvalue weighted by Crippen LogP contribution is 2.27. The van der Waals surface area contributed by atoms with E-state index in [-0.39, 0.29) is 0 Å². The minimum atomic E-state index is 0.565. The average molecular weight is 292 g/mol. The highest BCUT2D eigenvalue weighted by Gasteiger charge is 2.10. The lowest BCUT2D eigenvalue weighted by molar-refractivity contribution is 0.415. The molecular weight excluding hydrogens is 280 g/mol. The second-order valence-corrected chi connectivity index (χ2v) is 4.77. The third-order valence-corrected chi connectivity index (χ3v) is 3.41. The van der Waals surface area contributed by atoms with Gasteiger partial charge in [0.2, 0.25) is 5.89 Å². The van der Waals surface area contributed by atoms with Crippen molar-refractivity contribution >= 4 is 11.1 Å². The summed E-state index contributed by atoms with van der Waals surface area (Å²) < 4.78 is 12.9. The van der Waals surface area contributed by atoms with E-state index < -0.39 is 0 Å². The van der Waals surface area contributed by atoms with E-state index >= 15 is 0 Å². The maximum atomic E-state index is 5.87. The van der Waals surface area contributed by atoms with Gasteiger partial charge in [-0.15, -0.1) is 10.2 Å². The quantitative estimate of drug-likeness (QED) is 0.580. The number of benzene rings is 2. The maximum absolute atomic E-state index is 5.87. The van der Waals surface area contributed by atoms with E-state index in [2.05, 4.69) is 15.2 Å². The molecule has 0 aliphatic rings. The number of nitrogens with zero attached hydrogens (tertiary/aromatic N) is 4. The molecule has 0 saturated heterocycles. The molecule has 0 N–H and O–H groups in total. The molecule has 0 radical (unpaired) electrons. The van der Waals surface area contributed by atoms with E-state index in [9.17, 15) is 0 Å². The second-order valence-electron chi connectivity index (χ2n) is 4.77. The van der Waals surface area contributed by atoms with Gasteiger partial charge in [-0.2, -0.15) is 0 Å². The molecule has 0 saturated carbocycles. The molecule has 2 aromatic carbocycles. The molecule has 0 bridgehead atoms. The topological polar surface area (TPSA) is 66.0 Å². The number of rotatable bonds is 3. The molecule has 0 fully saturated rings. The lowest BCUT2D eigenvalue weighted by atomic mass is 10.2. The molecular formula is C16H12N4O2. The Kier molecular flexibility index (Phi) is 2.86. The molecule has 108 valence electrons. The van der Waals surface area contributed by atoms with E-state index in [1.807, 2.05) is 47.0 Å². The Labute approximate surface area is 126 Å². The first-order valence-corrected chi connectivity index (χ1v) is 6.73. The molecule has 6 nitrogen and oxygen atoms in total. The van der Waals surface area contributed by atoms with Gasteiger partial charge >= 0.3 is 0 Å². The van der Waals surface area contributed by atoms with Crippen LogP contribution in [0.1, 0.15) is 0 Å². The van der Waals surface area contributed by atoms with Crippen LogP contribution in [-0.2, 0) is 0 Å². The van der Waals surface area contributed by atoms with Gasteiger partial charge in [0.1, 0.15) is 23.9 Å². The Morgan fingerprint density at radius 1 is 1.05 bits per heavy atom. The van der Waals surface area contributed by atoms with Crippen LogP contribution in [0.25, 0.3) is 28.2 Å². The first kappa shape index (κ1) is 12.6. The molecule has 2 aromatic heterocycles. The fraction of sp³-hybridized carbons (Fsp3) is 0.0625. The number of methoxy groups -OCH3 is 1. The number of hydrogen-bond donors (Lipinski definition) is 0. The van der Waals surface area contributed by atoms with E-state index in [4.69, 9.17) is 9.15 Å². The van der Waals surface area contributed by atoms with Crippen LogP contribution in [0, 0.1) is 0 Å². The zero-order valence-corrected chi connectivity index (χ0v) is 11.8. The molecule has 6 heteroatoms. The Hall–Kier alpha value is -3.15. The lowest BCUT2D eigenvalue weighted by Crippen LogP contribution is -1.88. The summed E-state index contributed by atoms with van der Waals surface area (Å²) in [5, 5.41) is 7.61. The van der Waals surface area contributed by atoms with Gasteiger partial charge in [-0.05, 0) is 30.3 Å². The SMILES string of the molecule is COc1cccc(-c2nc3ccc(-n4cnnc4)cc3o2)c1. The Morgan fingerprint density at radius 2 is 1.91 bits per heavy atom. The van der Waals surface area contributed by atoms with Crippen molar-refractivity contribution in [3.05, 3.63) is 55.1 Å². The summed E-state index contributed by atoms with van der Waals surface area (Å²) in [7, 11) is 1.64. The highest BCUT2D eigenvalue weighted by atomic mass is 16.5. The van der Waals surface area contributed by atoms with Gasteiger partial charge in [-0.1, -0.05) is 6.07 Å². The molecule has 0 amide bonds. The minimum absolute atomic E-state index is 0.565. The largest absolute Gasteiger partial charge is 0.497 e. The van der Waals surface area contributed by atoms with Gasteiger partial charge in [-0.3, -0.25) is 4.57 Å². The molecule has 22 heavy (non-hydrogen) atoms. The second kappa shape index (κ2) is 5.00. The summed E-state index contributed by atoms with van der Waals surface area (Å²) in [4.78, 5) is 4.52. The lowest BCUT2D eigenvalue weighted by Gasteiger charge is -2.00. The van der Waals surface area contributed by atoms with Crippen molar-refractivity contribution in [2.75, 3.05) is 7.11 Å². The maximum Gasteiger partial charge on any atom is 0.227 e. The van der Waals surface area contributed by atoms with E-state index in [0.717, 1.165) is 22.5 Å². The van der Waals surface area contributed by atoms with Crippen molar-refractivity contribution in [2.24, 2.45) is 0 Å². The monoisotopic (exact) mass is 292 g/mol. The van der Waals surface area contributed by atoms with Crippen molar-refractivity contribution in [1.82, 2.24) is 19.7 Å². The first-order chi connectivity index (χ1) is 10.8. The van der Waals surface area contributed by atoms with Crippen LogP contribution in [-0.4, -0.2) is 26.9 Å². The minimum Gasteiger partial charge on any atom is -0.497 e. The zero-order valence-electron chi connectivity index (χ0n) is 11.8. The number of ether oxygens (including phenoxy) is 1. The Bertz CT molecular complexity index is 928. The van der Waals surface area contributed by atoms with E-state index in [0.29, 0.717) is 11.5 Å². The summed E-state index contributed by atoms with van der Waals surface area (Å²) >= 11 is 0. The molecule has 0 unspecified atom stereocenters. The van der Waals surface area contributed by atoms with Crippen LogP contribution in [0.15, 0.2) is 59.5 Å². The standard InChI is InChI=1S/C16H12N4O2/c1-21-13-4-2-3-11(7-13)16-19-14-6-5-12(8-15(14)22-16)20-9-17-18-10-20/h2-10H,1H3. The third kappa shape index (κ3) is 2.10. The zero-order chi connectivity index (χ0) is 14.9. The summed E-state index contributed by atoms with van der Waals surface area (Å²) in [5.74, 6) is 1.33. The summed E-state index contributed by atoms with van der Waals surface area (Å²) in [6, 6.07) is 13.4. The summed E-state index contributed by atoms with van der Waals surface area (Å²) in [6.07, 6.45) is 3.28. The number of oxazole rings is 1. The summed E-state index contributed by atoms with van der Waals surface area (Å²) in [6.45, 7) is 0. The van der Waals surface area contributed by atoms with Gasteiger partial charge in [0.15, 0.2) is 5.58 Å². The molecule has 0 aliphatic heterocycles. The van der Waals surface area contributed by atoms with E-state index in [1.54, 1.807) is 19.8 Å². The smallest absolute Gasteiger partial charge is 0.227 e. The summed E-state index contributed by atoms with van der Waals surface area (Å²) in [5.41, 5.74) is 3.31. The Morgan fingerprint density at radius 3 is 2.73 bits per heavy atom. The van der Waals surface area contributed by atoms with Crippen LogP contribution in [0.3, 0.4) is 0 Å². The third-order valence-electron chi connectivity index (χ3n) is 3.41. The predicted octanol–water partition coefficient (Wildman–Crippen LogP) is 3.08. The van der Waals surface area contributed by atoms with Crippen molar-refractivity contribution in [2.45, 2.75) is 0 Å². The van der Waals surface area contributed by atoms with Crippen LogP contribution in [0.4, 0.5) is 0 Å². The van der Waals surface area contributed by atoms with Gasteiger partial charge in [0, 0.05) is 11.6 Å². The normalized spacial score (nSPS) is 11.0.